The fraction of sp³-hybridized carbons (Fsp3) is 0.267. The van der Waals surface area contributed by atoms with E-state index in [9.17, 15) is 0 Å². The number of fused-ring (bicyclic) bond motifs is 1. The predicted molar refractivity (Wildman–Crippen MR) is 85.7 cm³/mol. The quantitative estimate of drug-likeness (QED) is 0.799. The van der Waals surface area contributed by atoms with Gasteiger partial charge in [0.25, 0.3) is 0 Å². The van der Waals surface area contributed by atoms with Crippen LogP contribution in [0.5, 0.6) is 0 Å². The van der Waals surface area contributed by atoms with Crippen molar-refractivity contribution in [2.45, 2.75) is 20.3 Å². The fourth-order valence-corrected chi connectivity index (χ4v) is 3.53. The van der Waals surface area contributed by atoms with E-state index in [1.807, 2.05) is 24.3 Å². The molecular weight excluding hydrogens is 290 g/mol. The van der Waals surface area contributed by atoms with Crippen molar-refractivity contribution in [1.82, 2.24) is 9.38 Å². The Morgan fingerprint density at radius 1 is 1.25 bits per heavy atom. The maximum Gasteiger partial charge on any atom is 0.194 e. The van der Waals surface area contributed by atoms with Crippen molar-refractivity contribution >= 4 is 27.9 Å². The van der Waals surface area contributed by atoms with Gasteiger partial charge in [0.2, 0.25) is 0 Å². The molecular formula is C15H16ClN3S. The van der Waals surface area contributed by atoms with Crippen molar-refractivity contribution in [3.8, 4) is 11.3 Å². The highest BCUT2D eigenvalue weighted by Crippen LogP contribution is 2.31. The zero-order chi connectivity index (χ0) is 14.3. The smallest absolute Gasteiger partial charge is 0.194 e. The molecule has 0 unspecified atom stereocenters. The summed E-state index contributed by atoms with van der Waals surface area (Å²) in [5, 5.41) is 0.738. The first-order chi connectivity index (χ1) is 9.61. The van der Waals surface area contributed by atoms with E-state index in [1.165, 1.54) is 16.3 Å². The first-order valence-electron chi connectivity index (χ1n) is 6.55. The summed E-state index contributed by atoms with van der Waals surface area (Å²) in [5.74, 6) is 0. The van der Waals surface area contributed by atoms with Gasteiger partial charge in [-0.05, 0) is 32.5 Å². The van der Waals surface area contributed by atoms with E-state index >= 15 is 0 Å². The van der Waals surface area contributed by atoms with E-state index in [0.29, 0.717) is 6.54 Å². The third-order valence-corrected chi connectivity index (χ3v) is 4.84. The fourth-order valence-electron chi connectivity index (χ4n) is 2.42. The Hall–Kier alpha value is -1.36. The van der Waals surface area contributed by atoms with Crippen LogP contribution in [0.4, 0.5) is 0 Å². The summed E-state index contributed by atoms with van der Waals surface area (Å²) in [6.45, 7) is 4.87. The second kappa shape index (κ2) is 5.20. The minimum Gasteiger partial charge on any atom is -0.330 e. The summed E-state index contributed by atoms with van der Waals surface area (Å²) in [6.07, 6.45) is 0.816. The third-order valence-electron chi connectivity index (χ3n) is 3.53. The first kappa shape index (κ1) is 13.6. The molecule has 0 spiro atoms. The lowest BCUT2D eigenvalue weighted by Gasteiger charge is -2.05. The third kappa shape index (κ3) is 2.14. The molecule has 2 N–H and O–H groups in total. The lowest BCUT2D eigenvalue weighted by molar-refractivity contribution is 0.895. The molecule has 104 valence electrons. The van der Waals surface area contributed by atoms with Crippen LogP contribution < -0.4 is 5.73 Å². The molecule has 0 fully saturated rings. The second-order valence-electron chi connectivity index (χ2n) is 4.81. The highest BCUT2D eigenvalue weighted by Gasteiger charge is 2.17. The Bertz CT molecular complexity index is 756. The molecule has 5 heteroatoms. The van der Waals surface area contributed by atoms with Crippen molar-refractivity contribution < 1.29 is 0 Å². The molecule has 20 heavy (non-hydrogen) atoms. The number of nitrogens with zero attached hydrogens (tertiary/aromatic N) is 2. The molecule has 0 aliphatic rings. The normalized spacial score (nSPS) is 11.4. The molecule has 0 saturated heterocycles. The molecule has 2 aromatic heterocycles. The van der Waals surface area contributed by atoms with Crippen LogP contribution in [0.3, 0.4) is 0 Å². The number of nitrogens with two attached hydrogens (primary N) is 1. The largest absolute Gasteiger partial charge is 0.330 e. The first-order valence-corrected chi connectivity index (χ1v) is 7.74. The highest BCUT2D eigenvalue weighted by molar-refractivity contribution is 7.17. The van der Waals surface area contributed by atoms with Gasteiger partial charge < -0.3 is 5.73 Å². The van der Waals surface area contributed by atoms with Crippen LogP contribution in [0.15, 0.2) is 24.3 Å². The van der Waals surface area contributed by atoms with Crippen LogP contribution in [0, 0.1) is 13.8 Å². The van der Waals surface area contributed by atoms with Crippen LogP contribution in [0.25, 0.3) is 16.2 Å². The van der Waals surface area contributed by atoms with E-state index in [4.69, 9.17) is 22.3 Å². The summed E-state index contributed by atoms with van der Waals surface area (Å²) in [7, 11) is 0. The number of aryl methyl sites for hydroxylation is 2. The maximum atomic E-state index is 5.96. The van der Waals surface area contributed by atoms with E-state index in [2.05, 4.69) is 18.2 Å². The number of halogens is 1. The molecule has 3 nitrogen and oxygen atoms in total. The summed E-state index contributed by atoms with van der Waals surface area (Å²) in [6, 6.07) is 7.82. The molecule has 0 saturated carbocycles. The average molecular weight is 306 g/mol. The van der Waals surface area contributed by atoms with Gasteiger partial charge in [0.15, 0.2) is 4.96 Å². The Labute approximate surface area is 127 Å². The number of hydrogen-bond donors (Lipinski definition) is 1. The maximum absolute atomic E-state index is 5.96. The Morgan fingerprint density at radius 2 is 1.95 bits per heavy atom. The van der Waals surface area contributed by atoms with Gasteiger partial charge in [0.1, 0.15) is 0 Å². The molecule has 3 aromatic rings. The van der Waals surface area contributed by atoms with Crippen molar-refractivity contribution in [2.75, 3.05) is 6.54 Å². The lowest BCUT2D eigenvalue weighted by atomic mass is 10.1. The highest BCUT2D eigenvalue weighted by atomic mass is 35.5. The number of thiazole rings is 1. The molecule has 0 radical (unpaired) electrons. The summed E-state index contributed by atoms with van der Waals surface area (Å²) in [4.78, 5) is 7.13. The predicted octanol–water partition coefficient (Wildman–Crippen LogP) is 3.83. The second-order valence-corrected chi connectivity index (χ2v) is 6.43. The molecule has 0 atom stereocenters. The van der Waals surface area contributed by atoms with Gasteiger partial charge in [0, 0.05) is 27.6 Å². The van der Waals surface area contributed by atoms with Crippen molar-refractivity contribution in [1.29, 1.82) is 0 Å². The minimum absolute atomic E-state index is 0.614. The summed E-state index contributed by atoms with van der Waals surface area (Å²) in [5.41, 5.74) is 10.3. The summed E-state index contributed by atoms with van der Waals surface area (Å²) < 4.78 is 2.23. The molecule has 2 heterocycles. The number of aromatic nitrogens is 2. The lowest BCUT2D eigenvalue weighted by Crippen LogP contribution is -2.06. The number of rotatable bonds is 3. The van der Waals surface area contributed by atoms with Crippen LogP contribution in [0.1, 0.15) is 16.3 Å². The topological polar surface area (TPSA) is 43.3 Å². The summed E-state index contributed by atoms with van der Waals surface area (Å²) >= 11 is 7.68. The number of hydrogen-bond acceptors (Lipinski definition) is 3. The van der Waals surface area contributed by atoms with Crippen LogP contribution >= 0.6 is 22.9 Å². The van der Waals surface area contributed by atoms with Gasteiger partial charge in [-0.25, -0.2) is 4.98 Å². The Kier molecular flexibility index (Phi) is 3.54. The monoisotopic (exact) mass is 305 g/mol. The Balaban J connectivity index is 2.24. The zero-order valence-electron chi connectivity index (χ0n) is 11.5. The van der Waals surface area contributed by atoms with Gasteiger partial charge in [0.05, 0.1) is 11.4 Å². The van der Waals surface area contributed by atoms with Crippen molar-refractivity contribution in [3.63, 3.8) is 0 Å². The Morgan fingerprint density at radius 3 is 2.60 bits per heavy atom. The van der Waals surface area contributed by atoms with Crippen LogP contribution in [-0.2, 0) is 6.42 Å². The molecule has 0 aliphatic carbocycles. The van der Waals surface area contributed by atoms with Crippen molar-refractivity contribution in [2.24, 2.45) is 5.73 Å². The minimum atomic E-state index is 0.614. The van der Waals surface area contributed by atoms with E-state index < -0.39 is 0 Å². The van der Waals surface area contributed by atoms with Crippen LogP contribution in [0.2, 0.25) is 5.02 Å². The van der Waals surface area contributed by atoms with Gasteiger partial charge in [-0.2, -0.15) is 0 Å². The van der Waals surface area contributed by atoms with E-state index in [0.717, 1.165) is 27.7 Å². The molecule has 3 rings (SSSR count). The van der Waals surface area contributed by atoms with Gasteiger partial charge in [-0.3, -0.25) is 4.40 Å². The van der Waals surface area contributed by atoms with Gasteiger partial charge in [-0.15, -0.1) is 11.3 Å². The van der Waals surface area contributed by atoms with Crippen LogP contribution in [-0.4, -0.2) is 15.9 Å². The molecule has 0 amide bonds. The molecule has 1 aromatic carbocycles. The standard InChI is InChI=1S/C15H16ClN3S/c1-9-10(2)20-15-18-14(13(7-8-17)19(9)15)11-3-5-12(16)6-4-11/h3-6H,7-8,17H2,1-2H3. The van der Waals surface area contributed by atoms with Gasteiger partial charge in [-0.1, -0.05) is 23.7 Å². The number of benzene rings is 1. The average Bonchev–Trinajstić information content (AvgIpc) is 2.90. The molecule has 0 bridgehead atoms. The van der Waals surface area contributed by atoms with E-state index in [-0.39, 0.29) is 0 Å². The number of imidazole rings is 1. The zero-order valence-corrected chi connectivity index (χ0v) is 13.1. The SMILES string of the molecule is Cc1sc2nc(-c3ccc(Cl)cc3)c(CCN)n2c1C. The van der Waals surface area contributed by atoms with E-state index in [1.54, 1.807) is 11.3 Å². The van der Waals surface area contributed by atoms with Crippen molar-refractivity contribution in [3.05, 3.63) is 45.6 Å². The molecule has 0 aliphatic heterocycles. The van der Waals surface area contributed by atoms with Gasteiger partial charge >= 0.3 is 0 Å².